The normalized spacial score (nSPS) is 11.0. The number of nitrogens with zero attached hydrogens (tertiary/aromatic N) is 3. The van der Waals surface area contributed by atoms with Crippen LogP contribution >= 0.6 is 0 Å². The monoisotopic (exact) mass is 303 g/mol. The molecule has 0 aliphatic carbocycles. The van der Waals surface area contributed by atoms with E-state index in [-0.39, 0.29) is 18.7 Å². The van der Waals surface area contributed by atoms with Crippen molar-refractivity contribution in [2.75, 3.05) is 0 Å². The van der Waals surface area contributed by atoms with E-state index in [2.05, 4.69) is 10.1 Å². The van der Waals surface area contributed by atoms with Crippen LogP contribution in [0, 0.1) is 11.6 Å². The highest BCUT2D eigenvalue weighted by molar-refractivity contribution is 5.83. The van der Waals surface area contributed by atoms with Crippen molar-refractivity contribution in [3.8, 4) is 0 Å². The zero-order valence-electron chi connectivity index (χ0n) is 11.3. The number of pyridine rings is 1. The second-order valence-corrected chi connectivity index (χ2v) is 4.79. The number of benzene rings is 1. The Balaban J connectivity index is 2.10. The van der Waals surface area contributed by atoms with Crippen molar-refractivity contribution in [2.45, 2.75) is 13.0 Å². The lowest BCUT2D eigenvalue weighted by atomic mass is 10.2. The fraction of sp³-hybridized carbons (Fsp3) is 0.133. The topological polar surface area (TPSA) is 68.0 Å². The first-order valence-corrected chi connectivity index (χ1v) is 6.50. The lowest BCUT2D eigenvalue weighted by molar-refractivity contribution is -0.136. The van der Waals surface area contributed by atoms with Crippen LogP contribution in [0.3, 0.4) is 0 Å². The molecule has 3 aromatic rings. The molecule has 0 saturated heterocycles. The zero-order chi connectivity index (χ0) is 15.7. The first-order chi connectivity index (χ1) is 10.5. The van der Waals surface area contributed by atoms with Gasteiger partial charge in [0.2, 0.25) is 0 Å². The van der Waals surface area contributed by atoms with Crippen LogP contribution in [0.25, 0.3) is 11.0 Å². The van der Waals surface area contributed by atoms with Crippen LogP contribution < -0.4 is 0 Å². The minimum atomic E-state index is -1.08. The predicted molar refractivity (Wildman–Crippen MR) is 74.3 cm³/mol. The van der Waals surface area contributed by atoms with Crippen LogP contribution in [0.4, 0.5) is 8.78 Å². The molecule has 0 saturated carbocycles. The summed E-state index contributed by atoms with van der Waals surface area (Å²) < 4.78 is 28.5. The Hall–Kier alpha value is -2.83. The molecular formula is C15H11F2N3O2. The standard InChI is InChI=1S/C15H11F2N3O2/c16-10-5-11-13(6-14(21)22)19-20(15(11)18-7-10)8-9-3-1-2-4-12(9)17/h1-5,7H,6,8H2,(H,21,22). The quantitative estimate of drug-likeness (QED) is 0.803. The number of halogens is 2. The van der Waals surface area contributed by atoms with Gasteiger partial charge in [0, 0.05) is 10.9 Å². The molecule has 0 fully saturated rings. The highest BCUT2D eigenvalue weighted by Gasteiger charge is 2.16. The summed E-state index contributed by atoms with van der Waals surface area (Å²) in [6.45, 7) is 0.0847. The number of carboxylic acid groups (broad SMARTS) is 1. The Morgan fingerprint density at radius 1 is 1.27 bits per heavy atom. The van der Waals surface area contributed by atoms with E-state index in [4.69, 9.17) is 5.11 Å². The van der Waals surface area contributed by atoms with Gasteiger partial charge in [-0.15, -0.1) is 0 Å². The molecule has 0 atom stereocenters. The highest BCUT2D eigenvalue weighted by Crippen LogP contribution is 2.20. The Morgan fingerprint density at radius 3 is 2.77 bits per heavy atom. The summed E-state index contributed by atoms with van der Waals surface area (Å²) in [7, 11) is 0. The maximum atomic E-state index is 13.7. The third kappa shape index (κ3) is 2.65. The fourth-order valence-electron chi connectivity index (χ4n) is 2.27. The molecule has 22 heavy (non-hydrogen) atoms. The van der Waals surface area contributed by atoms with Crippen LogP contribution in [0.15, 0.2) is 36.5 Å². The van der Waals surface area contributed by atoms with Crippen molar-refractivity contribution in [3.05, 3.63) is 59.4 Å². The van der Waals surface area contributed by atoms with Gasteiger partial charge in [0.05, 0.1) is 24.9 Å². The van der Waals surface area contributed by atoms with Crippen molar-refractivity contribution < 1.29 is 18.7 Å². The zero-order valence-corrected chi connectivity index (χ0v) is 11.3. The van der Waals surface area contributed by atoms with E-state index in [1.54, 1.807) is 18.2 Å². The number of carboxylic acids is 1. The van der Waals surface area contributed by atoms with Crippen LogP contribution in [-0.4, -0.2) is 25.8 Å². The van der Waals surface area contributed by atoms with E-state index in [0.29, 0.717) is 16.6 Å². The maximum Gasteiger partial charge on any atom is 0.309 e. The third-order valence-corrected chi connectivity index (χ3v) is 3.23. The molecule has 1 N–H and O–H groups in total. The number of carbonyl (C=O) groups is 1. The number of hydrogen-bond acceptors (Lipinski definition) is 3. The number of aromatic nitrogens is 3. The van der Waals surface area contributed by atoms with Crippen LogP contribution in [0.1, 0.15) is 11.3 Å². The molecule has 5 nitrogen and oxygen atoms in total. The molecule has 0 bridgehead atoms. The van der Waals surface area contributed by atoms with Gasteiger partial charge in [0.25, 0.3) is 0 Å². The van der Waals surface area contributed by atoms with Crippen molar-refractivity contribution in [1.82, 2.24) is 14.8 Å². The lowest BCUT2D eigenvalue weighted by Gasteiger charge is -2.04. The molecule has 2 aromatic heterocycles. The summed E-state index contributed by atoms with van der Waals surface area (Å²) in [5.74, 6) is -2.06. The number of hydrogen-bond donors (Lipinski definition) is 1. The fourth-order valence-corrected chi connectivity index (χ4v) is 2.27. The SMILES string of the molecule is O=C(O)Cc1nn(Cc2ccccc2F)c2ncc(F)cc12. The summed E-state index contributed by atoms with van der Waals surface area (Å²) in [5, 5.41) is 13.4. The number of rotatable bonds is 4. The van der Waals surface area contributed by atoms with Gasteiger partial charge in [-0.2, -0.15) is 5.10 Å². The van der Waals surface area contributed by atoms with Gasteiger partial charge >= 0.3 is 5.97 Å². The molecule has 1 aromatic carbocycles. The van der Waals surface area contributed by atoms with Crippen molar-refractivity contribution in [1.29, 1.82) is 0 Å². The average Bonchev–Trinajstić information content (AvgIpc) is 2.78. The van der Waals surface area contributed by atoms with Gasteiger partial charge in [-0.05, 0) is 12.1 Å². The van der Waals surface area contributed by atoms with Gasteiger partial charge in [-0.1, -0.05) is 18.2 Å². The van der Waals surface area contributed by atoms with Crippen LogP contribution in [0.5, 0.6) is 0 Å². The Bertz CT molecular complexity index is 861. The molecule has 0 aliphatic heterocycles. The molecule has 7 heteroatoms. The van der Waals surface area contributed by atoms with Gasteiger partial charge in [-0.25, -0.2) is 18.4 Å². The van der Waals surface area contributed by atoms with Gasteiger partial charge < -0.3 is 5.11 Å². The molecule has 0 aliphatic rings. The first kappa shape index (κ1) is 14.1. The van der Waals surface area contributed by atoms with Crippen molar-refractivity contribution >= 4 is 17.0 Å². The second kappa shape index (κ2) is 5.51. The van der Waals surface area contributed by atoms with E-state index < -0.39 is 17.6 Å². The van der Waals surface area contributed by atoms with Crippen molar-refractivity contribution in [2.24, 2.45) is 0 Å². The molecule has 112 valence electrons. The minimum absolute atomic E-state index is 0.0847. The van der Waals surface area contributed by atoms with Crippen LogP contribution in [-0.2, 0) is 17.8 Å². The lowest BCUT2D eigenvalue weighted by Crippen LogP contribution is -2.06. The Kier molecular flexibility index (Phi) is 3.54. The number of fused-ring (bicyclic) bond motifs is 1. The average molecular weight is 303 g/mol. The van der Waals surface area contributed by atoms with Gasteiger partial charge in [0.15, 0.2) is 5.65 Å². The maximum absolute atomic E-state index is 13.7. The summed E-state index contributed by atoms with van der Waals surface area (Å²) >= 11 is 0. The second-order valence-electron chi connectivity index (χ2n) is 4.79. The molecule has 0 amide bonds. The predicted octanol–water partition coefficient (Wildman–Crippen LogP) is 2.38. The van der Waals surface area contributed by atoms with E-state index in [0.717, 1.165) is 6.20 Å². The number of aliphatic carboxylic acids is 1. The van der Waals surface area contributed by atoms with Gasteiger partial charge in [-0.3, -0.25) is 4.79 Å². The summed E-state index contributed by atoms with van der Waals surface area (Å²) in [4.78, 5) is 14.8. The third-order valence-electron chi connectivity index (χ3n) is 3.23. The van der Waals surface area contributed by atoms with E-state index in [9.17, 15) is 13.6 Å². The highest BCUT2D eigenvalue weighted by atomic mass is 19.1. The summed E-state index contributed by atoms with van der Waals surface area (Å²) in [5.41, 5.74) is 0.909. The largest absolute Gasteiger partial charge is 0.481 e. The van der Waals surface area contributed by atoms with E-state index >= 15 is 0 Å². The molecule has 0 unspecified atom stereocenters. The molecule has 0 radical (unpaired) electrons. The van der Waals surface area contributed by atoms with E-state index in [1.165, 1.54) is 16.8 Å². The van der Waals surface area contributed by atoms with Crippen LogP contribution in [0.2, 0.25) is 0 Å². The van der Waals surface area contributed by atoms with E-state index in [1.807, 2.05) is 0 Å². The van der Waals surface area contributed by atoms with Crippen molar-refractivity contribution in [3.63, 3.8) is 0 Å². The molecule has 0 spiro atoms. The molecule has 2 heterocycles. The summed E-state index contributed by atoms with van der Waals surface area (Å²) in [6.07, 6.45) is 0.665. The first-order valence-electron chi connectivity index (χ1n) is 6.50. The van der Waals surface area contributed by atoms with Gasteiger partial charge in [0.1, 0.15) is 11.6 Å². The Morgan fingerprint density at radius 2 is 2.05 bits per heavy atom. The molecular weight excluding hydrogens is 292 g/mol. The summed E-state index contributed by atoms with van der Waals surface area (Å²) in [6, 6.07) is 7.37. The smallest absolute Gasteiger partial charge is 0.309 e. The minimum Gasteiger partial charge on any atom is -0.481 e. The molecule has 3 rings (SSSR count). The Labute approximate surface area is 123 Å².